The molecule has 12 heteroatoms. The number of amides is 3. The van der Waals surface area contributed by atoms with E-state index in [0.717, 1.165) is 48.3 Å². The number of piperazine rings is 1. The molecule has 230 valence electrons. The van der Waals surface area contributed by atoms with Gasteiger partial charge in [-0.2, -0.15) is 0 Å². The zero-order valence-electron chi connectivity index (χ0n) is 25.7. The molecule has 11 nitrogen and oxygen atoms in total. The molecular weight excluding hydrogens is 556 g/mol. The number of nitrogens with zero attached hydrogens (tertiary/aromatic N) is 3. The van der Waals surface area contributed by atoms with E-state index in [9.17, 15) is 18.0 Å². The number of hydrogen-bond acceptors (Lipinski definition) is 7. The second-order valence-electron chi connectivity index (χ2n) is 12.1. The van der Waals surface area contributed by atoms with Gasteiger partial charge >= 0.3 is 6.03 Å². The van der Waals surface area contributed by atoms with Gasteiger partial charge in [-0.3, -0.25) is 14.4 Å². The highest BCUT2D eigenvalue weighted by atomic mass is 32.2. The minimum atomic E-state index is -3.58. The molecule has 2 aromatic rings. The highest BCUT2D eigenvalue weighted by molar-refractivity contribution is 7.92. The molecule has 1 unspecified atom stereocenters. The van der Waals surface area contributed by atoms with Crippen molar-refractivity contribution in [3.63, 3.8) is 0 Å². The molecular formula is C30H44N6O5S. The van der Waals surface area contributed by atoms with Crippen LogP contribution in [-0.2, 0) is 33.2 Å². The standard InChI is InChI=1S/C30H44N6O5S/c1-8-31-29(38)36-14-12-35(13-15-36)19-21-11-9-10-20-16-25(34(5)26(20)21)28(37)32-23-17-22(30(2,3)4)18-24(27(23)41-6)33-42(7,39)40/h9-11,17-18,25,33H,8,12-16,19H2,1-7H3,(H,31,38)(H,32,37). The van der Waals surface area contributed by atoms with Crippen LogP contribution in [0, 0.1) is 0 Å². The van der Waals surface area contributed by atoms with E-state index in [4.69, 9.17) is 4.74 Å². The lowest BCUT2D eigenvalue weighted by Gasteiger charge is -2.35. The Bertz CT molecular complexity index is 1430. The maximum Gasteiger partial charge on any atom is 0.317 e. The fourth-order valence-electron chi connectivity index (χ4n) is 5.64. The quantitative estimate of drug-likeness (QED) is 0.425. The van der Waals surface area contributed by atoms with Gasteiger partial charge in [0.2, 0.25) is 15.9 Å². The Balaban J connectivity index is 1.53. The molecule has 2 aromatic carbocycles. The van der Waals surface area contributed by atoms with E-state index in [-0.39, 0.29) is 28.8 Å². The van der Waals surface area contributed by atoms with Crippen LogP contribution >= 0.6 is 0 Å². The second-order valence-corrected chi connectivity index (χ2v) is 13.8. The Labute approximate surface area is 249 Å². The lowest BCUT2D eigenvalue weighted by molar-refractivity contribution is -0.117. The van der Waals surface area contributed by atoms with Crippen molar-refractivity contribution >= 4 is 39.0 Å². The summed E-state index contributed by atoms with van der Waals surface area (Å²) in [5, 5.41) is 5.91. The zero-order valence-corrected chi connectivity index (χ0v) is 26.5. The fourth-order valence-corrected chi connectivity index (χ4v) is 6.19. The molecule has 4 rings (SSSR count). The maximum atomic E-state index is 13.8. The van der Waals surface area contributed by atoms with Gasteiger partial charge in [0.05, 0.1) is 24.7 Å². The molecule has 1 fully saturated rings. The number of likely N-dealkylation sites (N-methyl/N-ethyl adjacent to an activating group) is 1. The number of carbonyl (C=O) groups excluding carboxylic acids is 2. The summed E-state index contributed by atoms with van der Waals surface area (Å²) in [6.07, 6.45) is 1.63. The van der Waals surface area contributed by atoms with Crippen LogP contribution in [0.5, 0.6) is 5.75 Å². The van der Waals surface area contributed by atoms with Gasteiger partial charge < -0.3 is 25.2 Å². The largest absolute Gasteiger partial charge is 0.492 e. The van der Waals surface area contributed by atoms with Crippen molar-refractivity contribution in [2.75, 3.05) is 68.1 Å². The van der Waals surface area contributed by atoms with Gasteiger partial charge in [-0.05, 0) is 41.2 Å². The first-order chi connectivity index (χ1) is 19.7. The third kappa shape index (κ3) is 7.09. The number of hydrogen-bond donors (Lipinski definition) is 3. The van der Waals surface area contributed by atoms with Crippen LogP contribution in [0.4, 0.5) is 21.9 Å². The molecule has 42 heavy (non-hydrogen) atoms. The second kappa shape index (κ2) is 12.4. The Kier molecular flexibility index (Phi) is 9.27. The summed E-state index contributed by atoms with van der Waals surface area (Å²) in [6.45, 7) is 12.2. The van der Waals surface area contributed by atoms with Crippen molar-refractivity contribution in [3.05, 3.63) is 47.0 Å². The van der Waals surface area contributed by atoms with Crippen molar-refractivity contribution in [1.82, 2.24) is 15.1 Å². The maximum absolute atomic E-state index is 13.8. The number of fused-ring (bicyclic) bond motifs is 1. The summed E-state index contributed by atoms with van der Waals surface area (Å²) in [4.78, 5) is 32.2. The number of benzene rings is 2. The number of sulfonamides is 1. The van der Waals surface area contributed by atoms with Crippen LogP contribution in [-0.4, -0.2) is 89.3 Å². The highest BCUT2D eigenvalue weighted by Gasteiger charge is 2.35. The summed E-state index contributed by atoms with van der Waals surface area (Å²) in [5.74, 6) is 0.0530. The molecule has 1 saturated heterocycles. The molecule has 0 bridgehead atoms. The smallest absolute Gasteiger partial charge is 0.317 e. The number of anilines is 3. The molecule has 3 amide bonds. The first-order valence-electron chi connectivity index (χ1n) is 14.3. The highest BCUT2D eigenvalue weighted by Crippen LogP contribution is 2.40. The van der Waals surface area contributed by atoms with Crippen LogP contribution in [0.15, 0.2) is 30.3 Å². The third-order valence-corrected chi connectivity index (χ3v) is 8.42. The van der Waals surface area contributed by atoms with E-state index in [1.54, 1.807) is 6.07 Å². The summed E-state index contributed by atoms with van der Waals surface area (Å²) >= 11 is 0. The molecule has 0 radical (unpaired) electrons. The molecule has 2 aliphatic heterocycles. The van der Waals surface area contributed by atoms with Crippen LogP contribution in [0.3, 0.4) is 0 Å². The SMILES string of the molecule is CCNC(=O)N1CCN(Cc2cccc3c2N(C)C(C(=O)Nc2cc(C(C)(C)C)cc(NS(C)(=O)=O)c2OC)C3)CC1. The Morgan fingerprint density at radius 2 is 1.74 bits per heavy atom. The number of rotatable bonds is 8. The van der Waals surface area contributed by atoms with Crippen molar-refractivity contribution in [2.24, 2.45) is 0 Å². The summed E-state index contributed by atoms with van der Waals surface area (Å²) in [6, 6.07) is 9.31. The first kappa shape index (κ1) is 31.4. The molecule has 2 heterocycles. The van der Waals surface area contributed by atoms with Crippen molar-refractivity contribution in [3.8, 4) is 5.75 Å². The predicted octanol–water partition coefficient (Wildman–Crippen LogP) is 3.21. The molecule has 0 aliphatic carbocycles. The number of nitrogens with one attached hydrogen (secondary N) is 3. The number of urea groups is 1. The van der Waals surface area contributed by atoms with Gasteiger partial charge in [0.25, 0.3) is 0 Å². The fraction of sp³-hybridized carbons (Fsp3) is 0.533. The monoisotopic (exact) mass is 600 g/mol. The first-order valence-corrected chi connectivity index (χ1v) is 16.2. The molecule has 2 aliphatic rings. The summed E-state index contributed by atoms with van der Waals surface area (Å²) in [7, 11) is -0.193. The minimum absolute atomic E-state index is 0.0183. The molecule has 1 atom stereocenters. The van der Waals surface area contributed by atoms with E-state index >= 15 is 0 Å². The lowest BCUT2D eigenvalue weighted by atomic mass is 9.86. The van der Waals surface area contributed by atoms with Crippen LogP contribution in [0.25, 0.3) is 0 Å². The molecule has 0 spiro atoms. The Morgan fingerprint density at radius 3 is 2.33 bits per heavy atom. The van der Waals surface area contributed by atoms with Gasteiger partial charge in [0.1, 0.15) is 6.04 Å². The number of methoxy groups -OCH3 is 1. The molecule has 0 aromatic heterocycles. The van der Waals surface area contributed by atoms with Crippen LogP contribution in [0.2, 0.25) is 0 Å². The lowest BCUT2D eigenvalue weighted by Crippen LogP contribution is -2.51. The van der Waals surface area contributed by atoms with Gasteiger partial charge in [-0.15, -0.1) is 0 Å². The minimum Gasteiger partial charge on any atom is -0.492 e. The van der Waals surface area contributed by atoms with Gasteiger partial charge in [0.15, 0.2) is 5.75 Å². The van der Waals surface area contributed by atoms with Crippen LogP contribution < -0.4 is 25.0 Å². The Morgan fingerprint density at radius 1 is 1.07 bits per heavy atom. The Hall–Kier alpha value is -3.51. The van der Waals surface area contributed by atoms with E-state index in [0.29, 0.717) is 31.7 Å². The van der Waals surface area contributed by atoms with Crippen LogP contribution in [0.1, 0.15) is 44.4 Å². The zero-order chi connectivity index (χ0) is 30.8. The van der Waals surface area contributed by atoms with Gasteiger partial charge in [0, 0.05) is 58.4 Å². The molecule has 0 saturated carbocycles. The van der Waals surface area contributed by atoms with E-state index in [1.165, 1.54) is 7.11 Å². The average molecular weight is 601 g/mol. The third-order valence-electron chi connectivity index (χ3n) is 7.83. The summed E-state index contributed by atoms with van der Waals surface area (Å²) < 4.78 is 32.3. The van der Waals surface area contributed by atoms with Crippen molar-refractivity contribution in [2.45, 2.75) is 52.1 Å². The average Bonchev–Trinajstić information content (AvgIpc) is 3.25. The van der Waals surface area contributed by atoms with E-state index in [2.05, 4.69) is 32.4 Å². The summed E-state index contributed by atoms with van der Waals surface area (Å²) in [5.41, 5.74) is 4.53. The topological polar surface area (TPSA) is 123 Å². The molecule has 3 N–H and O–H groups in total. The van der Waals surface area contributed by atoms with Crippen molar-refractivity contribution < 1.29 is 22.7 Å². The van der Waals surface area contributed by atoms with E-state index in [1.807, 2.05) is 56.7 Å². The van der Waals surface area contributed by atoms with E-state index < -0.39 is 16.1 Å². The predicted molar refractivity (Wildman–Crippen MR) is 167 cm³/mol. The van der Waals surface area contributed by atoms with Crippen molar-refractivity contribution in [1.29, 1.82) is 0 Å². The normalized spacial score (nSPS) is 17.5. The number of ether oxygens (including phenoxy) is 1. The van der Waals surface area contributed by atoms with Gasteiger partial charge in [-0.1, -0.05) is 39.0 Å². The number of carbonyl (C=O) groups is 2. The number of para-hydroxylation sites is 1. The van der Waals surface area contributed by atoms with Gasteiger partial charge in [-0.25, -0.2) is 13.2 Å².